The molecule has 1 saturated heterocycles. The lowest BCUT2D eigenvalue weighted by molar-refractivity contribution is -0.122. The fourth-order valence-corrected chi connectivity index (χ4v) is 3.93. The number of hydrogen-bond acceptors (Lipinski definition) is 2. The van der Waals surface area contributed by atoms with Crippen LogP contribution in [0.3, 0.4) is 0 Å². The molecular formula is C22H26N2O2. The van der Waals surface area contributed by atoms with Crippen LogP contribution in [0.2, 0.25) is 0 Å². The first kappa shape index (κ1) is 18.2. The van der Waals surface area contributed by atoms with Crippen molar-refractivity contribution in [2.24, 2.45) is 5.92 Å². The summed E-state index contributed by atoms with van der Waals surface area (Å²) in [5.41, 5.74) is 7.20. The predicted octanol–water partition coefficient (Wildman–Crippen LogP) is 4.22. The first-order valence-electron chi connectivity index (χ1n) is 9.03. The van der Waals surface area contributed by atoms with Crippen molar-refractivity contribution in [1.82, 2.24) is 0 Å². The first-order valence-corrected chi connectivity index (χ1v) is 9.03. The van der Waals surface area contributed by atoms with Gasteiger partial charge in [0.05, 0.1) is 5.92 Å². The van der Waals surface area contributed by atoms with Crippen molar-refractivity contribution in [3.63, 3.8) is 0 Å². The van der Waals surface area contributed by atoms with E-state index in [4.69, 9.17) is 0 Å². The number of aryl methyl sites for hydroxylation is 5. The van der Waals surface area contributed by atoms with Gasteiger partial charge in [0.25, 0.3) is 0 Å². The predicted molar refractivity (Wildman–Crippen MR) is 106 cm³/mol. The van der Waals surface area contributed by atoms with Gasteiger partial charge < -0.3 is 10.2 Å². The monoisotopic (exact) mass is 350 g/mol. The molecular weight excluding hydrogens is 324 g/mol. The largest absolute Gasteiger partial charge is 0.325 e. The fourth-order valence-electron chi connectivity index (χ4n) is 3.93. The number of carbonyl (C=O) groups excluding carboxylic acids is 2. The quantitative estimate of drug-likeness (QED) is 0.901. The van der Waals surface area contributed by atoms with E-state index in [0.717, 1.165) is 33.6 Å². The molecule has 1 aliphatic rings. The van der Waals surface area contributed by atoms with Gasteiger partial charge in [0.2, 0.25) is 11.8 Å². The van der Waals surface area contributed by atoms with Crippen LogP contribution in [-0.2, 0) is 9.59 Å². The molecule has 1 aliphatic heterocycles. The summed E-state index contributed by atoms with van der Waals surface area (Å²) in [6, 6.07) is 10.1. The molecule has 136 valence electrons. The highest BCUT2D eigenvalue weighted by molar-refractivity contribution is 6.04. The minimum Gasteiger partial charge on any atom is -0.325 e. The van der Waals surface area contributed by atoms with Crippen molar-refractivity contribution in [3.8, 4) is 0 Å². The van der Waals surface area contributed by atoms with E-state index in [1.165, 1.54) is 5.56 Å². The summed E-state index contributed by atoms with van der Waals surface area (Å²) >= 11 is 0. The summed E-state index contributed by atoms with van der Waals surface area (Å²) in [5, 5.41) is 3.03. The van der Waals surface area contributed by atoms with E-state index in [2.05, 4.69) is 24.4 Å². The summed E-state index contributed by atoms with van der Waals surface area (Å²) in [5.74, 6) is -0.399. The Labute approximate surface area is 155 Å². The molecule has 0 spiro atoms. The average molecular weight is 350 g/mol. The zero-order chi connectivity index (χ0) is 19.0. The Morgan fingerprint density at radius 2 is 1.58 bits per heavy atom. The number of anilines is 2. The zero-order valence-corrected chi connectivity index (χ0v) is 16.1. The Hall–Kier alpha value is -2.62. The van der Waals surface area contributed by atoms with Gasteiger partial charge in [-0.15, -0.1) is 0 Å². The molecule has 2 aromatic rings. The van der Waals surface area contributed by atoms with E-state index < -0.39 is 0 Å². The first-order chi connectivity index (χ1) is 12.3. The Bertz CT molecular complexity index is 842. The Balaban J connectivity index is 1.81. The number of hydrogen-bond donors (Lipinski definition) is 1. The summed E-state index contributed by atoms with van der Waals surface area (Å²) < 4.78 is 0. The molecule has 1 fully saturated rings. The molecule has 2 aromatic carbocycles. The van der Waals surface area contributed by atoms with Gasteiger partial charge in [0.1, 0.15) is 0 Å². The second-order valence-corrected chi connectivity index (χ2v) is 7.41. The lowest BCUT2D eigenvalue weighted by Crippen LogP contribution is -2.29. The highest BCUT2D eigenvalue weighted by Gasteiger charge is 2.36. The summed E-state index contributed by atoms with van der Waals surface area (Å²) in [4.78, 5) is 27.2. The van der Waals surface area contributed by atoms with Gasteiger partial charge in [0, 0.05) is 24.3 Å². The van der Waals surface area contributed by atoms with Gasteiger partial charge in [-0.1, -0.05) is 35.9 Å². The normalized spacial score (nSPS) is 16.9. The third kappa shape index (κ3) is 3.36. The maximum atomic E-state index is 12.8. The molecule has 0 bridgehead atoms. The van der Waals surface area contributed by atoms with Crippen molar-refractivity contribution in [2.45, 2.75) is 41.0 Å². The molecule has 26 heavy (non-hydrogen) atoms. The summed E-state index contributed by atoms with van der Waals surface area (Å²) in [6.07, 6.45) is 0.253. The Morgan fingerprint density at radius 1 is 1.00 bits per heavy atom. The molecule has 0 radical (unpaired) electrons. The third-order valence-electron chi connectivity index (χ3n) is 5.13. The second-order valence-electron chi connectivity index (χ2n) is 7.41. The van der Waals surface area contributed by atoms with Crippen molar-refractivity contribution < 1.29 is 9.59 Å². The van der Waals surface area contributed by atoms with Gasteiger partial charge in [-0.05, 0) is 56.9 Å². The third-order valence-corrected chi connectivity index (χ3v) is 5.13. The molecule has 1 N–H and O–H groups in total. The standard InChI is InChI=1S/C22H26N2O2/c1-13-9-16(4)21(17(5)10-13)24-12-18(11-19(24)25)22(26)23-20-14(2)7-6-8-15(20)3/h6-10,18H,11-12H2,1-5H3,(H,23,26). The number of amides is 2. The van der Waals surface area contributed by atoms with Gasteiger partial charge in [-0.25, -0.2) is 0 Å². The van der Waals surface area contributed by atoms with E-state index in [1.807, 2.05) is 45.9 Å². The smallest absolute Gasteiger partial charge is 0.229 e. The number of nitrogens with one attached hydrogen (secondary N) is 1. The van der Waals surface area contributed by atoms with Crippen LogP contribution in [0.1, 0.15) is 34.2 Å². The average Bonchev–Trinajstić information content (AvgIpc) is 2.92. The highest BCUT2D eigenvalue weighted by Crippen LogP contribution is 2.32. The molecule has 1 atom stereocenters. The van der Waals surface area contributed by atoms with E-state index in [9.17, 15) is 9.59 Å². The number of nitrogens with zero attached hydrogens (tertiary/aromatic N) is 1. The van der Waals surface area contributed by atoms with Crippen LogP contribution in [0.25, 0.3) is 0 Å². The maximum absolute atomic E-state index is 12.8. The van der Waals surface area contributed by atoms with E-state index >= 15 is 0 Å². The molecule has 4 nitrogen and oxygen atoms in total. The van der Waals surface area contributed by atoms with Crippen molar-refractivity contribution >= 4 is 23.2 Å². The van der Waals surface area contributed by atoms with E-state index in [-0.39, 0.29) is 24.2 Å². The number of rotatable bonds is 3. The zero-order valence-electron chi connectivity index (χ0n) is 16.1. The van der Waals surface area contributed by atoms with Crippen LogP contribution in [0.4, 0.5) is 11.4 Å². The molecule has 4 heteroatoms. The summed E-state index contributed by atoms with van der Waals surface area (Å²) in [6.45, 7) is 10.5. The molecule has 1 heterocycles. The van der Waals surface area contributed by atoms with Crippen LogP contribution in [0.15, 0.2) is 30.3 Å². The van der Waals surface area contributed by atoms with E-state index in [1.54, 1.807) is 4.90 Å². The molecule has 3 rings (SSSR count). The molecule has 1 unspecified atom stereocenters. The molecule has 0 aromatic heterocycles. The maximum Gasteiger partial charge on any atom is 0.229 e. The number of benzene rings is 2. The van der Waals surface area contributed by atoms with Gasteiger partial charge in [0.15, 0.2) is 0 Å². The van der Waals surface area contributed by atoms with Gasteiger partial charge in [-0.3, -0.25) is 9.59 Å². The van der Waals surface area contributed by atoms with Crippen LogP contribution >= 0.6 is 0 Å². The van der Waals surface area contributed by atoms with Crippen LogP contribution in [0.5, 0.6) is 0 Å². The fraction of sp³-hybridized carbons (Fsp3) is 0.364. The van der Waals surface area contributed by atoms with Crippen molar-refractivity contribution in [1.29, 1.82) is 0 Å². The van der Waals surface area contributed by atoms with E-state index in [0.29, 0.717) is 6.54 Å². The minimum absolute atomic E-state index is 0.0155. The lowest BCUT2D eigenvalue weighted by Gasteiger charge is -2.22. The SMILES string of the molecule is Cc1cc(C)c(N2CC(C(=O)Nc3c(C)cccc3C)CC2=O)c(C)c1. The number of para-hydroxylation sites is 1. The van der Waals surface area contributed by atoms with Crippen molar-refractivity contribution in [2.75, 3.05) is 16.8 Å². The van der Waals surface area contributed by atoms with Gasteiger partial charge in [-0.2, -0.15) is 0 Å². The van der Waals surface area contributed by atoms with Crippen LogP contribution in [-0.4, -0.2) is 18.4 Å². The topological polar surface area (TPSA) is 49.4 Å². The summed E-state index contributed by atoms with van der Waals surface area (Å²) in [7, 11) is 0. The highest BCUT2D eigenvalue weighted by atomic mass is 16.2. The van der Waals surface area contributed by atoms with Crippen LogP contribution in [0, 0.1) is 40.5 Å². The van der Waals surface area contributed by atoms with Crippen LogP contribution < -0.4 is 10.2 Å². The Kier molecular flexibility index (Phi) is 4.86. The molecule has 2 amide bonds. The number of carbonyl (C=O) groups is 2. The lowest BCUT2D eigenvalue weighted by atomic mass is 10.0. The molecule has 0 aliphatic carbocycles. The Morgan fingerprint density at radius 3 is 2.15 bits per heavy atom. The molecule has 0 saturated carbocycles. The second kappa shape index (κ2) is 6.94. The minimum atomic E-state index is -0.332. The van der Waals surface area contributed by atoms with Gasteiger partial charge >= 0.3 is 0 Å². The van der Waals surface area contributed by atoms with Crippen molar-refractivity contribution in [3.05, 3.63) is 58.1 Å².